The topological polar surface area (TPSA) is 21.3 Å². The minimum atomic E-state index is -0.234. The second-order valence-corrected chi connectivity index (χ2v) is 7.89. The van der Waals surface area contributed by atoms with Gasteiger partial charge in [0.2, 0.25) is 0 Å². The Hall–Kier alpha value is -2.17. The SMILES string of the molecule is CC(CCc1ccccc1)NCc1cc(Br)ccc1OCc1ccc(F)cc1. The van der Waals surface area contributed by atoms with E-state index in [1.165, 1.54) is 17.7 Å². The van der Waals surface area contributed by atoms with Gasteiger partial charge in [0, 0.05) is 22.6 Å². The molecular weight excluding hydrogens is 417 g/mol. The Morgan fingerprint density at radius 3 is 2.46 bits per heavy atom. The van der Waals surface area contributed by atoms with Gasteiger partial charge in [-0.3, -0.25) is 0 Å². The maximum absolute atomic E-state index is 13.1. The van der Waals surface area contributed by atoms with Crippen LogP contribution in [0.3, 0.4) is 0 Å². The van der Waals surface area contributed by atoms with E-state index in [-0.39, 0.29) is 5.82 Å². The van der Waals surface area contributed by atoms with Gasteiger partial charge in [0.25, 0.3) is 0 Å². The molecule has 1 atom stereocenters. The Labute approximate surface area is 174 Å². The maximum atomic E-state index is 13.1. The third-order valence-electron chi connectivity index (χ3n) is 4.68. The number of ether oxygens (including phenoxy) is 1. The predicted molar refractivity (Wildman–Crippen MR) is 116 cm³/mol. The van der Waals surface area contributed by atoms with Crippen LogP contribution in [-0.2, 0) is 19.6 Å². The molecule has 0 aliphatic heterocycles. The van der Waals surface area contributed by atoms with Gasteiger partial charge in [0.1, 0.15) is 18.2 Å². The zero-order valence-corrected chi connectivity index (χ0v) is 17.6. The Morgan fingerprint density at radius 2 is 1.71 bits per heavy atom. The highest BCUT2D eigenvalue weighted by Gasteiger charge is 2.08. The van der Waals surface area contributed by atoms with Crippen molar-refractivity contribution in [1.82, 2.24) is 5.32 Å². The molecule has 3 rings (SSSR count). The molecule has 3 aromatic rings. The van der Waals surface area contributed by atoms with E-state index < -0.39 is 0 Å². The highest BCUT2D eigenvalue weighted by atomic mass is 79.9. The molecule has 3 aromatic carbocycles. The summed E-state index contributed by atoms with van der Waals surface area (Å²) in [6.07, 6.45) is 2.13. The van der Waals surface area contributed by atoms with Gasteiger partial charge in [-0.1, -0.05) is 58.4 Å². The molecule has 28 heavy (non-hydrogen) atoms. The van der Waals surface area contributed by atoms with Crippen LogP contribution in [-0.4, -0.2) is 6.04 Å². The normalized spacial score (nSPS) is 12.0. The number of benzene rings is 3. The van der Waals surface area contributed by atoms with Crippen LogP contribution < -0.4 is 10.1 Å². The zero-order valence-electron chi connectivity index (χ0n) is 16.0. The van der Waals surface area contributed by atoms with Crippen molar-refractivity contribution in [2.45, 2.75) is 39.0 Å². The molecule has 0 spiro atoms. The molecule has 146 valence electrons. The van der Waals surface area contributed by atoms with E-state index in [2.05, 4.69) is 58.5 Å². The average molecular weight is 442 g/mol. The zero-order chi connectivity index (χ0) is 19.8. The first-order valence-electron chi connectivity index (χ1n) is 9.53. The molecule has 0 fully saturated rings. The molecule has 1 N–H and O–H groups in total. The molecule has 0 aliphatic rings. The van der Waals surface area contributed by atoms with Gasteiger partial charge in [0.05, 0.1) is 0 Å². The summed E-state index contributed by atoms with van der Waals surface area (Å²) < 4.78 is 20.1. The second-order valence-electron chi connectivity index (χ2n) is 6.97. The monoisotopic (exact) mass is 441 g/mol. The van der Waals surface area contributed by atoms with Crippen LogP contribution in [0.1, 0.15) is 30.0 Å². The Bertz CT molecular complexity index is 868. The highest BCUT2D eigenvalue weighted by Crippen LogP contribution is 2.24. The fraction of sp³-hybridized carbons (Fsp3) is 0.250. The van der Waals surface area contributed by atoms with E-state index >= 15 is 0 Å². The number of hydrogen-bond acceptors (Lipinski definition) is 2. The summed E-state index contributed by atoms with van der Waals surface area (Å²) in [6, 6.07) is 23.4. The molecule has 0 bridgehead atoms. The van der Waals surface area contributed by atoms with Crippen LogP contribution >= 0.6 is 15.9 Å². The van der Waals surface area contributed by atoms with Gasteiger partial charge in [-0.15, -0.1) is 0 Å². The van der Waals surface area contributed by atoms with Crippen LogP contribution in [0, 0.1) is 5.82 Å². The summed E-state index contributed by atoms with van der Waals surface area (Å²) >= 11 is 3.54. The standard InChI is InChI=1S/C24H25BrFNO/c1-18(7-8-19-5-3-2-4-6-19)27-16-21-15-22(25)11-14-24(21)28-17-20-9-12-23(26)13-10-20/h2-6,9-15,18,27H,7-8,16-17H2,1H3. The summed E-state index contributed by atoms with van der Waals surface area (Å²) in [5, 5.41) is 3.59. The molecule has 1 unspecified atom stereocenters. The quantitative estimate of drug-likeness (QED) is 0.421. The third kappa shape index (κ3) is 6.47. The van der Waals surface area contributed by atoms with Gasteiger partial charge >= 0.3 is 0 Å². The molecule has 0 heterocycles. The van der Waals surface area contributed by atoms with Crippen molar-refractivity contribution < 1.29 is 9.13 Å². The fourth-order valence-electron chi connectivity index (χ4n) is 2.98. The number of nitrogens with one attached hydrogen (secondary N) is 1. The molecule has 0 saturated carbocycles. The Morgan fingerprint density at radius 1 is 0.964 bits per heavy atom. The molecule has 0 saturated heterocycles. The lowest BCUT2D eigenvalue weighted by atomic mass is 10.1. The molecule has 0 amide bonds. The van der Waals surface area contributed by atoms with E-state index in [0.717, 1.165) is 40.7 Å². The minimum Gasteiger partial charge on any atom is -0.489 e. The molecule has 0 aromatic heterocycles. The first-order chi connectivity index (χ1) is 13.6. The Kier molecular flexibility index (Phi) is 7.63. The van der Waals surface area contributed by atoms with E-state index in [9.17, 15) is 4.39 Å². The summed E-state index contributed by atoms with van der Waals surface area (Å²) in [5.41, 5.74) is 3.41. The molecule has 0 aliphatic carbocycles. The van der Waals surface area contributed by atoms with Crippen molar-refractivity contribution in [2.75, 3.05) is 0 Å². The molecule has 4 heteroatoms. The fourth-order valence-corrected chi connectivity index (χ4v) is 3.39. The van der Waals surface area contributed by atoms with Crippen molar-refractivity contribution in [3.63, 3.8) is 0 Å². The molecule has 0 radical (unpaired) electrons. The van der Waals surface area contributed by atoms with Crippen LogP contribution in [0.4, 0.5) is 4.39 Å². The smallest absolute Gasteiger partial charge is 0.124 e. The van der Waals surface area contributed by atoms with Crippen molar-refractivity contribution in [3.05, 3.63) is 99.8 Å². The van der Waals surface area contributed by atoms with Crippen LogP contribution in [0.25, 0.3) is 0 Å². The van der Waals surface area contributed by atoms with Gasteiger partial charge in [-0.05, 0) is 61.2 Å². The van der Waals surface area contributed by atoms with Gasteiger partial charge in [-0.2, -0.15) is 0 Å². The maximum Gasteiger partial charge on any atom is 0.124 e. The lowest BCUT2D eigenvalue weighted by molar-refractivity contribution is 0.301. The number of halogens is 2. The first-order valence-corrected chi connectivity index (χ1v) is 10.3. The minimum absolute atomic E-state index is 0.234. The summed E-state index contributed by atoms with van der Waals surface area (Å²) in [6.45, 7) is 3.35. The number of hydrogen-bond donors (Lipinski definition) is 1. The molecular formula is C24H25BrFNO. The van der Waals surface area contributed by atoms with Gasteiger partial charge in [-0.25, -0.2) is 4.39 Å². The van der Waals surface area contributed by atoms with Crippen LogP contribution in [0.5, 0.6) is 5.75 Å². The van der Waals surface area contributed by atoms with Crippen molar-refractivity contribution in [2.24, 2.45) is 0 Å². The van der Waals surface area contributed by atoms with E-state index in [4.69, 9.17) is 4.74 Å². The Balaban J connectivity index is 1.55. The number of aryl methyl sites for hydroxylation is 1. The summed E-state index contributed by atoms with van der Waals surface area (Å²) in [5.74, 6) is 0.608. The third-order valence-corrected chi connectivity index (χ3v) is 5.17. The van der Waals surface area contributed by atoms with Gasteiger partial charge in [0.15, 0.2) is 0 Å². The van der Waals surface area contributed by atoms with Gasteiger partial charge < -0.3 is 10.1 Å². The van der Waals surface area contributed by atoms with E-state index in [1.54, 1.807) is 12.1 Å². The van der Waals surface area contributed by atoms with Crippen LogP contribution in [0.15, 0.2) is 77.3 Å². The summed E-state index contributed by atoms with van der Waals surface area (Å²) in [7, 11) is 0. The second kappa shape index (κ2) is 10.4. The van der Waals surface area contributed by atoms with Crippen LogP contribution in [0.2, 0.25) is 0 Å². The highest BCUT2D eigenvalue weighted by molar-refractivity contribution is 9.10. The van der Waals surface area contributed by atoms with Crippen molar-refractivity contribution in [3.8, 4) is 5.75 Å². The molecule has 2 nitrogen and oxygen atoms in total. The average Bonchev–Trinajstić information content (AvgIpc) is 2.72. The predicted octanol–water partition coefficient (Wildman–Crippen LogP) is 6.28. The van der Waals surface area contributed by atoms with Crippen molar-refractivity contribution >= 4 is 15.9 Å². The lowest BCUT2D eigenvalue weighted by Gasteiger charge is -2.17. The van der Waals surface area contributed by atoms with Crippen molar-refractivity contribution in [1.29, 1.82) is 0 Å². The summed E-state index contributed by atoms with van der Waals surface area (Å²) in [4.78, 5) is 0. The lowest BCUT2D eigenvalue weighted by Crippen LogP contribution is -2.26. The first kappa shape index (κ1) is 20.6. The largest absolute Gasteiger partial charge is 0.489 e. The van der Waals surface area contributed by atoms with E-state index in [0.29, 0.717) is 12.6 Å². The number of rotatable bonds is 9. The van der Waals surface area contributed by atoms with E-state index in [1.807, 2.05) is 18.2 Å².